The van der Waals surface area contributed by atoms with Crippen molar-refractivity contribution >= 4 is 17.7 Å². The molecule has 2 fully saturated rings. The molecule has 1 aromatic heterocycles. The number of amides is 1. The SMILES string of the molecule is O=C(c1ccc(Sc2cccnc2)cc1)N1CCC[C@H]1CN1CCCC1. The molecule has 4 nitrogen and oxygen atoms in total. The molecule has 4 rings (SSSR count). The number of carbonyl (C=O) groups excluding carboxylic acids is 1. The molecule has 0 spiro atoms. The van der Waals surface area contributed by atoms with E-state index in [1.54, 1.807) is 18.0 Å². The van der Waals surface area contributed by atoms with Crippen molar-refractivity contribution in [3.63, 3.8) is 0 Å². The van der Waals surface area contributed by atoms with Crippen molar-refractivity contribution in [3.05, 3.63) is 54.4 Å². The molecule has 136 valence electrons. The third-order valence-corrected chi connectivity index (χ3v) is 6.26. The first kappa shape index (κ1) is 17.6. The number of aromatic nitrogens is 1. The van der Waals surface area contributed by atoms with Gasteiger partial charge in [0.2, 0.25) is 0 Å². The molecule has 0 bridgehead atoms. The summed E-state index contributed by atoms with van der Waals surface area (Å²) in [5.41, 5.74) is 0.800. The molecule has 2 aliphatic rings. The van der Waals surface area contributed by atoms with Crippen molar-refractivity contribution in [1.82, 2.24) is 14.8 Å². The second-order valence-electron chi connectivity index (χ2n) is 7.12. The van der Waals surface area contributed by atoms with E-state index in [0.717, 1.165) is 41.3 Å². The molecule has 1 amide bonds. The second-order valence-corrected chi connectivity index (χ2v) is 8.26. The molecule has 0 saturated carbocycles. The number of likely N-dealkylation sites (tertiary alicyclic amines) is 2. The van der Waals surface area contributed by atoms with Crippen molar-refractivity contribution in [2.24, 2.45) is 0 Å². The van der Waals surface area contributed by atoms with Crippen molar-refractivity contribution in [3.8, 4) is 0 Å². The maximum Gasteiger partial charge on any atom is 0.254 e. The fourth-order valence-electron chi connectivity index (χ4n) is 3.93. The zero-order valence-corrected chi connectivity index (χ0v) is 15.8. The predicted molar refractivity (Wildman–Crippen MR) is 105 cm³/mol. The molecular weight excluding hydrogens is 342 g/mol. The minimum Gasteiger partial charge on any atom is -0.334 e. The number of pyridine rings is 1. The first-order chi connectivity index (χ1) is 12.8. The van der Waals surface area contributed by atoms with Gasteiger partial charge in [0.25, 0.3) is 5.91 Å². The average molecular weight is 368 g/mol. The average Bonchev–Trinajstić information content (AvgIpc) is 3.35. The molecule has 5 heteroatoms. The van der Waals surface area contributed by atoms with Crippen LogP contribution >= 0.6 is 11.8 Å². The van der Waals surface area contributed by atoms with Crippen LogP contribution in [0.4, 0.5) is 0 Å². The molecule has 1 aromatic carbocycles. The summed E-state index contributed by atoms with van der Waals surface area (Å²) in [6, 6.07) is 12.4. The Bertz CT molecular complexity index is 729. The van der Waals surface area contributed by atoms with Crippen LogP contribution in [0.1, 0.15) is 36.0 Å². The minimum absolute atomic E-state index is 0.185. The van der Waals surface area contributed by atoms with Gasteiger partial charge >= 0.3 is 0 Å². The maximum absolute atomic E-state index is 13.0. The van der Waals surface area contributed by atoms with Crippen LogP contribution in [0.3, 0.4) is 0 Å². The summed E-state index contributed by atoms with van der Waals surface area (Å²) in [6.07, 6.45) is 8.50. The summed E-state index contributed by atoms with van der Waals surface area (Å²) in [6.45, 7) is 4.32. The van der Waals surface area contributed by atoms with Gasteiger partial charge in [0, 0.05) is 46.9 Å². The van der Waals surface area contributed by atoms with Crippen LogP contribution in [-0.4, -0.2) is 52.9 Å². The molecule has 0 aliphatic carbocycles. The topological polar surface area (TPSA) is 36.4 Å². The van der Waals surface area contributed by atoms with E-state index < -0.39 is 0 Å². The third kappa shape index (κ3) is 4.10. The van der Waals surface area contributed by atoms with E-state index in [1.165, 1.54) is 25.9 Å². The zero-order valence-electron chi connectivity index (χ0n) is 15.0. The summed E-state index contributed by atoms with van der Waals surface area (Å²) >= 11 is 1.67. The van der Waals surface area contributed by atoms with Crippen LogP contribution in [0.25, 0.3) is 0 Å². The molecule has 26 heavy (non-hydrogen) atoms. The zero-order chi connectivity index (χ0) is 17.8. The summed E-state index contributed by atoms with van der Waals surface area (Å²) < 4.78 is 0. The van der Waals surface area contributed by atoms with Crippen LogP contribution < -0.4 is 0 Å². The summed E-state index contributed by atoms with van der Waals surface area (Å²) in [5.74, 6) is 0.185. The molecule has 2 saturated heterocycles. The molecule has 0 radical (unpaired) electrons. The van der Waals surface area contributed by atoms with Crippen molar-refractivity contribution < 1.29 is 4.79 Å². The lowest BCUT2D eigenvalue weighted by Gasteiger charge is -2.28. The van der Waals surface area contributed by atoms with Gasteiger partial charge < -0.3 is 9.80 Å². The highest BCUT2D eigenvalue weighted by Crippen LogP contribution is 2.28. The van der Waals surface area contributed by atoms with Gasteiger partial charge in [-0.2, -0.15) is 0 Å². The predicted octanol–water partition coefficient (Wildman–Crippen LogP) is 3.93. The van der Waals surface area contributed by atoms with Crippen LogP contribution in [0, 0.1) is 0 Å². The van der Waals surface area contributed by atoms with Crippen LogP contribution in [-0.2, 0) is 0 Å². The smallest absolute Gasteiger partial charge is 0.254 e. The number of benzene rings is 1. The number of carbonyl (C=O) groups is 1. The van der Waals surface area contributed by atoms with Gasteiger partial charge in [-0.25, -0.2) is 0 Å². The standard InChI is InChI=1S/C21H25N3OS/c25-21(24-14-4-5-18(24)16-23-12-1-2-13-23)17-7-9-19(10-8-17)26-20-6-3-11-22-15-20/h3,6-11,15,18H,1-2,4-5,12-14,16H2/t18-/m0/s1. The van der Waals surface area contributed by atoms with E-state index >= 15 is 0 Å². The van der Waals surface area contributed by atoms with E-state index in [9.17, 15) is 4.79 Å². The number of rotatable bonds is 5. The van der Waals surface area contributed by atoms with Gasteiger partial charge in [-0.15, -0.1) is 0 Å². The lowest BCUT2D eigenvalue weighted by molar-refractivity contribution is 0.0708. The first-order valence-corrected chi connectivity index (χ1v) is 10.3. The highest BCUT2D eigenvalue weighted by molar-refractivity contribution is 7.99. The first-order valence-electron chi connectivity index (χ1n) is 9.51. The van der Waals surface area contributed by atoms with E-state index in [4.69, 9.17) is 0 Å². The lowest BCUT2D eigenvalue weighted by atomic mass is 10.1. The molecule has 1 atom stereocenters. The summed E-state index contributed by atoms with van der Waals surface area (Å²) in [5, 5.41) is 0. The Morgan fingerprint density at radius 3 is 2.58 bits per heavy atom. The van der Waals surface area contributed by atoms with Crippen LogP contribution in [0.15, 0.2) is 58.6 Å². The Labute approximate surface area is 159 Å². The Balaban J connectivity index is 1.40. The number of nitrogens with zero attached hydrogens (tertiary/aromatic N) is 3. The van der Waals surface area contributed by atoms with Gasteiger partial charge in [-0.05, 0) is 75.2 Å². The summed E-state index contributed by atoms with van der Waals surface area (Å²) in [4.78, 5) is 24.0. The number of hydrogen-bond donors (Lipinski definition) is 0. The van der Waals surface area contributed by atoms with E-state index in [2.05, 4.69) is 14.8 Å². The Kier molecular flexibility index (Phi) is 5.56. The maximum atomic E-state index is 13.0. The number of hydrogen-bond acceptors (Lipinski definition) is 4. The van der Waals surface area contributed by atoms with Crippen molar-refractivity contribution in [1.29, 1.82) is 0 Å². The highest BCUT2D eigenvalue weighted by atomic mass is 32.2. The quantitative estimate of drug-likeness (QED) is 0.802. The highest BCUT2D eigenvalue weighted by Gasteiger charge is 2.31. The van der Waals surface area contributed by atoms with Gasteiger partial charge in [0.1, 0.15) is 0 Å². The molecular formula is C21H25N3OS. The fourth-order valence-corrected chi connectivity index (χ4v) is 4.74. The van der Waals surface area contributed by atoms with Crippen LogP contribution in [0.2, 0.25) is 0 Å². The summed E-state index contributed by atoms with van der Waals surface area (Å²) in [7, 11) is 0. The largest absolute Gasteiger partial charge is 0.334 e. The monoisotopic (exact) mass is 367 g/mol. The van der Waals surface area contributed by atoms with Gasteiger partial charge in [-0.3, -0.25) is 9.78 Å². The second kappa shape index (κ2) is 8.23. The van der Waals surface area contributed by atoms with E-state index in [1.807, 2.05) is 42.6 Å². The van der Waals surface area contributed by atoms with Gasteiger partial charge in [-0.1, -0.05) is 11.8 Å². The Morgan fingerprint density at radius 1 is 1.04 bits per heavy atom. The lowest BCUT2D eigenvalue weighted by Crippen LogP contribution is -2.42. The minimum atomic E-state index is 0.185. The van der Waals surface area contributed by atoms with Gasteiger partial charge in [0.15, 0.2) is 0 Å². The van der Waals surface area contributed by atoms with E-state index in [-0.39, 0.29) is 5.91 Å². The van der Waals surface area contributed by atoms with Crippen molar-refractivity contribution in [2.75, 3.05) is 26.2 Å². The molecule has 2 aliphatic heterocycles. The molecule has 0 unspecified atom stereocenters. The van der Waals surface area contributed by atoms with Gasteiger partial charge in [0.05, 0.1) is 0 Å². The van der Waals surface area contributed by atoms with Crippen LogP contribution in [0.5, 0.6) is 0 Å². The Morgan fingerprint density at radius 2 is 1.85 bits per heavy atom. The fraction of sp³-hybridized carbons (Fsp3) is 0.429. The van der Waals surface area contributed by atoms with E-state index in [0.29, 0.717) is 6.04 Å². The Hall–Kier alpha value is -1.85. The normalized spacial score (nSPS) is 20.6. The molecule has 0 N–H and O–H groups in total. The molecule has 3 heterocycles. The molecule has 2 aromatic rings. The third-order valence-electron chi connectivity index (χ3n) is 5.28. The van der Waals surface area contributed by atoms with Crippen molar-refractivity contribution in [2.45, 2.75) is 41.5 Å².